The van der Waals surface area contributed by atoms with Crippen LogP contribution in [0.4, 0.5) is 0 Å². The van der Waals surface area contributed by atoms with E-state index in [1.54, 1.807) is 0 Å². The summed E-state index contributed by atoms with van der Waals surface area (Å²) in [5.41, 5.74) is 3.57. The van der Waals surface area contributed by atoms with Crippen LogP contribution in [0, 0.1) is 0 Å². The van der Waals surface area contributed by atoms with Crippen molar-refractivity contribution in [1.82, 2.24) is 0 Å². The molecule has 0 aromatic heterocycles. The number of hydrogen-bond acceptors (Lipinski definition) is 3. The second-order valence-corrected chi connectivity index (χ2v) is 9.05. The Balaban J connectivity index is 1.56. The van der Waals surface area contributed by atoms with Gasteiger partial charge in [0, 0.05) is 5.41 Å². The van der Waals surface area contributed by atoms with Crippen molar-refractivity contribution in [2.75, 3.05) is 6.61 Å². The number of carbonyl (C=O) groups excluding carboxylic acids is 1. The number of benzene rings is 3. The van der Waals surface area contributed by atoms with Crippen LogP contribution in [0.2, 0.25) is 0 Å². The summed E-state index contributed by atoms with van der Waals surface area (Å²) in [5, 5.41) is 0. The molecule has 0 saturated carbocycles. The first kappa shape index (κ1) is 21.6. The van der Waals surface area contributed by atoms with Gasteiger partial charge in [-0.05, 0) is 46.4 Å². The molecule has 0 unspecified atom stereocenters. The second-order valence-electron chi connectivity index (χ2n) is 9.05. The highest BCUT2D eigenvalue weighted by atomic mass is 16.6. The molecule has 3 rings (SSSR count). The van der Waals surface area contributed by atoms with E-state index in [0.29, 0.717) is 11.5 Å². The Hall–Kier alpha value is -3.07. The van der Waals surface area contributed by atoms with E-state index < -0.39 is 5.97 Å². The molecule has 0 fully saturated rings. The quantitative estimate of drug-likeness (QED) is 0.359. The molecule has 3 heteroatoms. The first-order chi connectivity index (χ1) is 14.2. The Labute approximate surface area is 179 Å². The maximum atomic E-state index is 12.1. The summed E-state index contributed by atoms with van der Waals surface area (Å²) >= 11 is 0. The third-order valence-electron chi connectivity index (χ3n) is 5.38. The van der Waals surface area contributed by atoms with Crippen LogP contribution < -0.4 is 9.47 Å². The molecule has 3 aromatic rings. The molecule has 0 atom stereocenters. The van der Waals surface area contributed by atoms with Gasteiger partial charge in [0.15, 0.2) is 6.61 Å². The monoisotopic (exact) mass is 402 g/mol. The lowest BCUT2D eigenvalue weighted by Crippen LogP contribution is -2.19. The van der Waals surface area contributed by atoms with Gasteiger partial charge in [0.1, 0.15) is 11.5 Å². The summed E-state index contributed by atoms with van der Waals surface area (Å²) in [6.45, 7) is 10.7. The number of carbonyl (C=O) groups is 1. The first-order valence-corrected chi connectivity index (χ1v) is 10.3. The molecule has 156 valence electrons. The van der Waals surface area contributed by atoms with E-state index in [-0.39, 0.29) is 17.4 Å². The number of ether oxygens (including phenoxy) is 2. The van der Waals surface area contributed by atoms with Crippen LogP contribution in [0.25, 0.3) is 0 Å². The lowest BCUT2D eigenvalue weighted by atomic mass is 9.78. The van der Waals surface area contributed by atoms with E-state index in [4.69, 9.17) is 9.47 Å². The Morgan fingerprint density at radius 3 is 1.73 bits per heavy atom. The maximum absolute atomic E-state index is 12.1. The SMILES string of the molecule is CC(C)(C)c1ccc(OC(=O)COc2ccc(C(C)(C)c3ccccc3)cc2)cc1. The van der Waals surface area contributed by atoms with Crippen molar-refractivity contribution in [3.8, 4) is 11.5 Å². The summed E-state index contributed by atoms with van der Waals surface area (Å²) in [4.78, 5) is 12.1. The van der Waals surface area contributed by atoms with Crippen LogP contribution in [0.5, 0.6) is 11.5 Å². The van der Waals surface area contributed by atoms with E-state index in [1.807, 2.05) is 54.6 Å². The van der Waals surface area contributed by atoms with Crippen molar-refractivity contribution >= 4 is 5.97 Å². The smallest absolute Gasteiger partial charge is 0.349 e. The minimum absolute atomic E-state index is 0.0624. The Bertz CT molecular complexity index is 963. The van der Waals surface area contributed by atoms with Gasteiger partial charge in [0.25, 0.3) is 0 Å². The number of rotatable bonds is 6. The zero-order chi connectivity index (χ0) is 21.8. The topological polar surface area (TPSA) is 35.5 Å². The van der Waals surface area contributed by atoms with Crippen molar-refractivity contribution in [2.24, 2.45) is 0 Å². The highest BCUT2D eigenvalue weighted by Gasteiger charge is 2.22. The van der Waals surface area contributed by atoms with Crippen molar-refractivity contribution in [3.63, 3.8) is 0 Å². The molecule has 0 saturated heterocycles. The molecule has 0 aliphatic heterocycles. The fourth-order valence-electron chi connectivity index (χ4n) is 3.32. The van der Waals surface area contributed by atoms with E-state index in [0.717, 1.165) is 0 Å². The molecule has 0 N–H and O–H groups in total. The van der Waals surface area contributed by atoms with Gasteiger partial charge < -0.3 is 9.47 Å². The van der Waals surface area contributed by atoms with Gasteiger partial charge in [-0.3, -0.25) is 0 Å². The molecule has 0 radical (unpaired) electrons. The average Bonchev–Trinajstić information content (AvgIpc) is 2.73. The normalized spacial score (nSPS) is 11.8. The molecule has 0 aliphatic carbocycles. The van der Waals surface area contributed by atoms with E-state index in [2.05, 4.69) is 58.9 Å². The zero-order valence-electron chi connectivity index (χ0n) is 18.4. The van der Waals surface area contributed by atoms with Crippen LogP contribution in [0.3, 0.4) is 0 Å². The van der Waals surface area contributed by atoms with Crippen molar-refractivity contribution in [2.45, 2.75) is 45.4 Å². The van der Waals surface area contributed by atoms with Gasteiger partial charge in [-0.15, -0.1) is 0 Å². The third kappa shape index (κ3) is 5.29. The number of esters is 1. The van der Waals surface area contributed by atoms with Gasteiger partial charge in [-0.25, -0.2) is 4.79 Å². The Morgan fingerprint density at radius 2 is 1.17 bits per heavy atom. The minimum Gasteiger partial charge on any atom is -0.482 e. The molecule has 0 amide bonds. The van der Waals surface area contributed by atoms with Gasteiger partial charge in [-0.2, -0.15) is 0 Å². The lowest BCUT2D eigenvalue weighted by Gasteiger charge is -2.26. The maximum Gasteiger partial charge on any atom is 0.349 e. The summed E-state index contributed by atoms with van der Waals surface area (Å²) in [6, 6.07) is 25.9. The van der Waals surface area contributed by atoms with Crippen molar-refractivity contribution in [3.05, 3.63) is 95.6 Å². The van der Waals surface area contributed by atoms with E-state index in [1.165, 1.54) is 16.7 Å². The van der Waals surface area contributed by atoms with Crippen LogP contribution in [0.15, 0.2) is 78.9 Å². The molecule has 0 bridgehead atoms. The van der Waals surface area contributed by atoms with Gasteiger partial charge in [-0.1, -0.05) is 89.2 Å². The average molecular weight is 403 g/mol. The lowest BCUT2D eigenvalue weighted by molar-refractivity contribution is -0.136. The van der Waals surface area contributed by atoms with E-state index >= 15 is 0 Å². The molecule has 30 heavy (non-hydrogen) atoms. The first-order valence-electron chi connectivity index (χ1n) is 10.3. The van der Waals surface area contributed by atoms with Crippen LogP contribution in [0.1, 0.15) is 51.3 Å². The highest BCUT2D eigenvalue weighted by Crippen LogP contribution is 2.32. The summed E-state index contributed by atoms with van der Waals surface area (Å²) in [7, 11) is 0. The Kier molecular flexibility index (Phi) is 6.31. The molecule has 0 spiro atoms. The van der Waals surface area contributed by atoms with Gasteiger partial charge in [0.05, 0.1) is 0 Å². The molecule has 3 aromatic carbocycles. The molecular formula is C27H30O3. The molecular weight excluding hydrogens is 372 g/mol. The Morgan fingerprint density at radius 1 is 0.667 bits per heavy atom. The molecule has 0 heterocycles. The summed E-state index contributed by atoms with van der Waals surface area (Å²) < 4.78 is 11.0. The van der Waals surface area contributed by atoms with Gasteiger partial charge >= 0.3 is 5.97 Å². The minimum atomic E-state index is -0.424. The highest BCUT2D eigenvalue weighted by molar-refractivity contribution is 5.74. The van der Waals surface area contributed by atoms with Gasteiger partial charge in [0.2, 0.25) is 0 Å². The van der Waals surface area contributed by atoms with Crippen molar-refractivity contribution < 1.29 is 14.3 Å². The molecule has 0 aliphatic rings. The third-order valence-corrected chi connectivity index (χ3v) is 5.38. The zero-order valence-corrected chi connectivity index (χ0v) is 18.4. The fraction of sp³-hybridized carbons (Fsp3) is 0.296. The standard InChI is InChI=1S/C27H30O3/c1-26(2,3)20-11-17-24(18-12-20)30-25(28)19-29-23-15-13-22(14-16-23)27(4,5)21-9-7-6-8-10-21/h6-18H,19H2,1-5H3. The summed E-state index contributed by atoms with van der Waals surface area (Å²) in [6.07, 6.45) is 0. The van der Waals surface area contributed by atoms with Crippen LogP contribution in [-0.2, 0) is 15.6 Å². The van der Waals surface area contributed by atoms with E-state index in [9.17, 15) is 4.79 Å². The summed E-state index contributed by atoms with van der Waals surface area (Å²) in [5.74, 6) is 0.742. The predicted octanol–water partition coefficient (Wildman–Crippen LogP) is 6.29. The van der Waals surface area contributed by atoms with Crippen molar-refractivity contribution in [1.29, 1.82) is 0 Å². The number of hydrogen-bond donors (Lipinski definition) is 0. The predicted molar refractivity (Wildman–Crippen MR) is 121 cm³/mol. The van der Waals surface area contributed by atoms with Crippen LogP contribution >= 0.6 is 0 Å². The molecule has 3 nitrogen and oxygen atoms in total. The largest absolute Gasteiger partial charge is 0.482 e. The fourth-order valence-corrected chi connectivity index (χ4v) is 3.32. The van der Waals surface area contributed by atoms with Crippen LogP contribution in [-0.4, -0.2) is 12.6 Å². The second kappa shape index (κ2) is 8.74.